The Morgan fingerprint density at radius 1 is 1.11 bits per heavy atom. The topological polar surface area (TPSA) is 88.9 Å². The van der Waals surface area contributed by atoms with Gasteiger partial charge in [0.2, 0.25) is 5.91 Å². The van der Waals surface area contributed by atoms with Crippen LogP contribution in [0.4, 0.5) is 5.69 Å². The number of methoxy groups -OCH3 is 2. The number of ether oxygens (including phenoxy) is 2. The van der Waals surface area contributed by atoms with Gasteiger partial charge in [-0.15, -0.1) is 0 Å². The highest BCUT2D eigenvalue weighted by atomic mass is 16.5. The first-order valence-corrected chi connectivity index (χ1v) is 12.4. The quantitative estimate of drug-likeness (QED) is 0.421. The monoisotopic (exact) mass is 492 g/mol. The van der Waals surface area contributed by atoms with Crippen molar-refractivity contribution in [3.8, 4) is 11.5 Å². The maximum Gasteiger partial charge on any atom is 0.220 e. The van der Waals surface area contributed by atoms with Crippen molar-refractivity contribution in [2.75, 3.05) is 39.3 Å². The molecule has 36 heavy (non-hydrogen) atoms. The summed E-state index contributed by atoms with van der Waals surface area (Å²) < 4.78 is 16.3. The Balaban J connectivity index is 1.29. The van der Waals surface area contributed by atoms with Crippen LogP contribution >= 0.6 is 0 Å². The van der Waals surface area contributed by atoms with Crippen LogP contribution in [0.25, 0.3) is 0 Å². The molecule has 1 fully saturated rings. The van der Waals surface area contributed by atoms with Crippen molar-refractivity contribution in [3.05, 3.63) is 71.6 Å². The third-order valence-electron chi connectivity index (χ3n) is 6.82. The van der Waals surface area contributed by atoms with Crippen LogP contribution < -0.4 is 25.0 Å². The highest BCUT2D eigenvalue weighted by Crippen LogP contribution is 2.28. The summed E-state index contributed by atoms with van der Waals surface area (Å²) in [5, 5.41) is 10.9. The Morgan fingerprint density at radius 2 is 1.92 bits per heavy atom. The Hall–Kier alpha value is -3.52. The van der Waals surface area contributed by atoms with E-state index < -0.39 is 0 Å². The molecule has 8 heteroatoms. The van der Waals surface area contributed by atoms with Crippen LogP contribution in [-0.4, -0.2) is 45.4 Å². The molecular weight excluding hydrogens is 456 g/mol. The minimum absolute atomic E-state index is 0.0620. The molecular formula is C28H36N4O4. The molecule has 2 atom stereocenters. The van der Waals surface area contributed by atoms with Crippen LogP contribution in [0, 0.1) is 11.8 Å². The van der Waals surface area contributed by atoms with Gasteiger partial charge in [-0.2, -0.15) is 0 Å². The van der Waals surface area contributed by atoms with E-state index in [4.69, 9.17) is 14.0 Å². The van der Waals surface area contributed by atoms with Crippen molar-refractivity contribution in [1.29, 1.82) is 0 Å². The van der Waals surface area contributed by atoms with Crippen LogP contribution in [0.3, 0.4) is 0 Å². The maximum atomic E-state index is 12.8. The Morgan fingerprint density at radius 3 is 2.69 bits per heavy atom. The van der Waals surface area contributed by atoms with E-state index in [9.17, 15) is 4.79 Å². The molecule has 2 N–H and O–H groups in total. The molecule has 0 saturated carbocycles. The molecule has 0 radical (unpaired) electrons. The Labute approximate surface area is 212 Å². The highest BCUT2D eigenvalue weighted by Gasteiger charge is 2.28. The number of benzene rings is 2. The van der Waals surface area contributed by atoms with Gasteiger partial charge in [0.25, 0.3) is 0 Å². The maximum absolute atomic E-state index is 12.8. The third-order valence-corrected chi connectivity index (χ3v) is 6.82. The highest BCUT2D eigenvalue weighted by molar-refractivity contribution is 5.76. The van der Waals surface area contributed by atoms with Gasteiger partial charge < -0.3 is 29.5 Å². The summed E-state index contributed by atoms with van der Waals surface area (Å²) in [6.45, 7) is 2.91. The van der Waals surface area contributed by atoms with E-state index in [0.717, 1.165) is 48.6 Å². The SMILES string of the molecule is COc1ccc(CNC(=O)CC2CCNCC2Cc2cc(CN(C)c3ccccc3)on2)cc1OC. The molecule has 1 amide bonds. The van der Waals surface area contributed by atoms with Gasteiger partial charge in [0.05, 0.1) is 26.5 Å². The molecule has 4 rings (SSSR count). The number of aromatic nitrogens is 1. The van der Waals surface area contributed by atoms with Gasteiger partial charge in [-0.25, -0.2) is 0 Å². The second-order valence-corrected chi connectivity index (χ2v) is 9.36. The zero-order valence-corrected chi connectivity index (χ0v) is 21.3. The standard InChI is InChI=1S/C28H36N4O4/c1-32(24-7-5-4-6-8-24)19-25-16-23(31-36-25)14-22-18-29-12-11-21(22)15-28(33)30-17-20-9-10-26(34-2)27(13-20)35-3/h4-10,13,16,21-22,29H,11-12,14-15,17-19H2,1-3H3,(H,30,33). The van der Waals surface area contributed by atoms with Crippen molar-refractivity contribution in [2.45, 2.75) is 32.4 Å². The third kappa shape index (κ3) is 6.79. The van der Waals surface area contributed by atoms with Crippen LogP contribution in [0.1, 0.15) is 29.9 Å². The van der Waals surface area contributed by atoms with E-state index >= 15 is 0 Å². The minimum Gasteiger partial charge on any atom is -0.493 e. The molecule has 2 heterocycles. The fourth-order valence-corrected chi connectivity index (χ4v) is 4.79. The number of rotatable bonds is 11. The van der Waals surface area contributed by atoms with Crippen molar-refractivity contribution in [3.63, 3.8) is 0 Å². The van der Waals surface area contributed by atoms with Crippen molar-refractivity contribution >= 4 is 11.6 Å². The lowest BCUT2D eigenvalue weighted by molar-refractivity contribution is -0.122. The van der Waals surface area contributed by atoms with Gasteiger partial charge in [-0.05, 0) is 67.6 Å². The first-order chi connectivity index (χ1) is 17.6. The van der Waals surface area contributed by atoms with Crippen molar-refractivity contribution < 1.29 is 18.8 Å². The van der Waals surface area contributed by atoms with Gasteiger partial charge >= 0.3 is 0 Å². The number of carbonyl (C=O) groups is 1. The molecule has 192 valence electrons. The van der Waals surface area contributed by atoms with Crippen LogP contribution in [0.15, 0.2) is 59.1 Å². The lowest BCUT2D eigenvalue weighted by atomic mass is 9.81. The fraction of sp³-hybridized carbons (Fsp3) is 0.429. The Kier molecular flexibility index (Phi) is 8.84. The first-order valence-electron chi connectivity index (χ1n) is 12.4. The summed E-state index contributed by atoms with van der Waals surface area (Å²) in [6.07, 6.45) is 2.26. The second-order valence-electron chi connectivity index (χ2n) is 9.36. The fourth-order valence-electron chi connectivity index (χ4n) is 4.79. The summed E-state index contributed by atoms with van der Waals surface area (Å²) in [6, 6.07) is 17.9. The smallest absolute Gasteiger partial charge is 0.220 e. The summed E-state index contributed by atoms with van der Waals surface area (Å²) in [7, 11) is 5.26. The first kappa shape index (κ1) is 25.6. The van der Waals surface area contributed by atoms with Crippen molar-refractivity contribution in [2.24, 2.45) is 11.8 Å². The van der Waals surface area contributed by atoms with Gasteiger partial charge in [0.15, 0.2) is 17.3 Å². The van der Waals surface area contributed by atoms with Gasteiger partial charge in [-0.1, -0.05) is 29.4 Å². The van der Waals surface area contributed by atoms with Crippen LogP contribution in [0.5, 0.6) is 11.5 Å². The van der Waals surface area contributed by atoms with E-state index in [0.29, 0.717) is 42.8 Å². The number of nitrogens with one attached hydrogen (secondary N) is 2. The molecule has 1 aromatic heterocycles. The average Bonchev–Trinajstić information content (AvgIpc) is 3.35. The van der Waals surface area contributed by atoms with Gasteiger partial charge in [0, 0.05) is 31.8 Å². The molecule has 2 aromatic carbocycles. The number of para-hydroxylation sites is 1. The number of hydrogen-bond acceptors (Lipinski definition) is 7. The Bertz CT molecular complexity index is 1120. The van der Waals surface area contributed by atoms with Gasteiger partial charge in [0.1, 0.15) is 0 Å². The molecule has 0 bridgehead atoms. The average molecular weight is 493 g/mol. The molecule has 8 nitrogen and oxygen atoms in total. The van der Waals surface area contributed by atoms with E-state index in [1.165, 1.54) is 0 Å². The zero-order chi connectivity index (χ0) is 25.3. The number of anilines is 1. The van der Waals surface area contributed by atoms with E-state index in [1.54, 1.807) is 14.2 Å². The van der Waals surface area contributed by atoms with E-state index in [-0.39, 0.29) is 5.91 Å². The molecule has 0 spiro atoms. The summed E-state index contributed by atoms with van der Waals surface area (Å²) >= 11 is 0. The predicted octanol–water partition coefficient (Wildman–Crippen LogP) is 3.80. The van der Waals surface area contributed by atoms with Crippen molar-refractivity contribution in [1.82, 2.24) is 15.8 Å². The van der Waals surface area contributed by atoms with E-state index in [1.807, 2.05) is 49.5 Å². The zero-order valence-electron chi connectivity index (χ0n) is 21.3. The normalized spacial score (nSPS) is 17.4. The number of carbonyl (C=O) groups excluding carboxylic acids is 1. The number of nitrogens with zero attached hydrogens (tertiary/aromatic N) is 2. The summed E-state index contributed by atoms with van der Waals surface area (Å²) in [5.74, 6) is 2.85. The summed E-state index contributed by atoms with van der Waals surface area (Å²) in [4.78, 5) is 14.9. The van der Waals surface area contributed by atoms with Crippen LogP contribution in [-0.2, 0) is 24.3 Å². The second kappa shape index (κ2) is 12.4. The number of piperidine rings is 1. The number of hydrogen-bond donors (Lipinski definition) is 2. The lowest BCUT2D eigenvalue weighted by Crippen LogP contribution is -2.40. The molecule has 1 saturated heterocycles. The molecule has 2 unspecified atom stereocenters. The molecule has 3 aromatic rings. The van der Waals surface area contributed by atoms with E-state index in [2.05, 4.69) is 32.8 Å². The number of amides is 1. The molecule has 1 aliphatic heterocycles. The largest absolute Gasteiger partial charge is 0.493 e. The van der Waals surface area contributed by atoms with Gasteiger partial charge in [-0.3, -0.25) is 4.79 Å². The lowest BCUT2D eigenvalue weighted by Gasteiger charge is -2.31. The molecule has 0 aliphatic carbocycles. The summed E-state index contributed by atoms with van der Waals surface area (Å²) in [5.41, 5.74) is 3.04. The van der Waals surface area contributed by atoms with Crippen LogP contribution in [0.2, 0.25) is 0 Å². The predicted molar refractivity (Wildman–Crippen MR) is 139 cm³/mol. The molecule has 1 aliphatic rings. The minimum atomic E-state index is 0.0620.